The van der Waals surface area contributed by atoms with Gasteiger partial charge in [-0.25, -0.2) is 9.37 Å². The Hall–Kier alpha value is -2.21. The summed E-state index contributed by atoms with van der Waals surface area (Å²) in [5.74, 6) is -0.613. The second-order valence-corrected chi connectivity index (χ2v) is 7.44. The van der Waals surface area contributed by atoms with Crippen molar-refractivity contribution in [3.8, 4) is 11.3 Å². The lowest BCUT2D eigenvalue weighted by atomic mass is 10.1. The molecule has 0 atom stereocenters. The Morgan fingerprint density at radius 2 is 1.88 bits per heavy atom. The molecule has 0 saturated heterocycles. The van der Waals surface area contributed by atoms with Crippen molar-refractivity contribution in [2.75, 3.05) is 5.32 Å². The molecular formula is C19H13Cl2FN2OS. The Labute approximate surface area is 164 Å². The van der Waals surface area contributed by atoms with Crippen LogP contribution in [0.15, 0.2) is 48.5 Å². The van der Waals surface area contributed by atoms with E-state index in [1.165, 1.54) is 29.5 Å². The topological polar surface area (TPSA) is 42.0 Å². The van der Waals surface area contributed by atoms with Gasteiger partial charge < -0.3 is 0 Å². The van der Waals surface area contributed by atoms with E-state index in [9.17, 15) is 9.18 Å². The number of amides is 1. The maximum absolute atomic E-state index is 13.1. The molecule has 3 nitrogen and oxygen atoms in total. The van der Waals surface area contributed by atoms with Crippen molar-refractivity contribution in [3.63, 3.8) is 0 Å². The highest BCUT2D eigenvalue weighted by Crippen LogP contribution is 2.30. The highest BCUT2D eigenvalue weighted by atomic mass is 35.5. The number of aryl methyl sites for hydroxylation is 1. The second-order valence-electron chi connectivity index (χ2n) is 5.43. The Morgan fingerprint density at radius 3 is 2.58 bits per heavy atom. The number of thiazole rings is 1. The highest BCUT2D eigenvalue weighted by Gasteiger charge is 2.11. The number of anilines is 1. The van der Waals surface area contributed by atoms with E-state index in [-0.39, 0.29) is 11.7 Å². The van der Waals surface area contributed by atoms with Gasteiger partial charge in [-0.1, -0.05) is 29.3 Å². The number of carbonyl (C=O) groups is 1. The monoisotopic (exact) mass is 406 g/mol. The van der Waals surface area contributed by atoms with Crippen LogP contribution in [-0.4, -0.2) is 10.9 Å². The Morgan fingerprint density at radius 1 is 1.15 bits per heavy atom. The molecule has 2 aromatic carbocycles. The van der Waals surface area contributed by atoms with Crippen LogP contribution in [0.5, 0.6) is 0 Å². The SMILES string of the molecule is Cc1sc(NC(=O)/C=C/c2ccc(Cl)c(Cl)c2)nc1-c1ccc(F)cc1. The summed E-state index contributed by atoms with van der Waals surface area (Å²) in [7, 11) is 0. The number of rotatable bonds is 4. The molecule has 132 valence electrons. The zero-order chi connectivity index (χ0) is 18.7. The maximum Gasteiger partial charge on any atom is 0.250 e. The largest absolute Gasteiger partial charge is 0.298 e. The summed E-state index contributed by atoms with van der Waals surface area (Å²) >= 11 is 13.2. The highest BCUT2D eigenvalue weighted by molar-refractivity contribution is 7.16. The molecule has 1 N–H and O–H groups in total. The molecule has 0 fully saturated rings. The normalized spacial score (nSPS) is 11.1. The van der Waals surface area contributed by atoms with Gasteiger partial charge in [0.25, 0.3) is 0 Å². The van der Waals surface area contributed by atoms with Crippen molar-refractivity contribution < 1.29 is 9.18 Å². The second kappa shape index (κ2) is 7.99. The molecule has 1 aromatic heterocycles. The lowest BCUT2D eigenvalue weighted by Crippen LogP contribution is -2.07. The van der Waals surface area contributed by atoms with E-state index in [0.29, 0.717) is 15.2 Å². The lowest BCUT2D eigenvalue weighted by Gasteiger charge is -1.99. The Bertz CT molecular complexity index is 984. The van der Waals surface area contributed by atoms with Gasteiger partial charge >= 0.3 is 0 Å². The molecule has 3 rings (SSSR count). The molecule has 0 unspecified atom stereocenters. The van der Waals surface area contributed by atoms with Gasteiger partial charge in [-0.05, 0) is 55.0 Å². The Balaban J connectivity index is 1.71. The van der Waals surface area contributed by atoms with E-state index in [1.54, 1.807) is 36.4 Å². The van der Waals surface area contributed by atoms with Crippen LogP contribution in [0.3, 0.4) is 0 Å². The zero-order valence-electron chi connectivity index (χ0n) is 13.6. The van der Waals surface area contributed by atoms with Crippen LogP contribution < -0.4 is 5.32 Å². The van der Waals surface area contributed by atoms with Crippen molar-refractivity contribution in [1.29, 1.82) is 0 Å². The van der Waals surface area contributed by atoms with Crippen molar-refractivity contribution in [3.05, 3.63) is 74.8 Å². The summed E-state index contributed by atoms with van der Waals surface area (Å²) in [6.07, 6.45) is 3.03. The smallest absolute Gasteiger partial charge is 0.250 e. The van der Waals surface area contributed by atoms with E-state index in [2.05, 4.69) is 10.3 Å². The third-order valence-electron chi connectivity index (χ3n) is 3.52. The molecule has 0 radical (unpaired) electrons. The molecule has 1 amide bonds. The summed E-state index contributed by atoms with van der Waals surface area (Å²) in [6, 6.07) is 11.2. The van der Waals surface area contributed by atoms with Crippen molar-refractivity contribution >= 4 is 51.7 Å². The number of nitrogens with one attached hydrogen (secondary N) is 1. The first-order chi connectivity index (χ1) is 12.4. The predicted octanol–water partition coefficient (Wildman–Crippen LogP) is 6.22. The molecule has 0 aliphatic heterocycles. The number of carbonyl (C=O) groups excluding carboxylic acids is 1. The van der Waals surface area contributed by atoms with Gasteiger partial charge in [0, 0.05) is 16.5 Å². The fraction of sp³-hybridized carbons (Fsp3) is 0.0526. The van der Waals surface area contributed by atoms with E-state index in [0.717, 1.165) is 21.7 Å². The standard InChI is InChI=1S/C19H13Cl2FN2OS/c1-11-18(13-4-6-14(22)7-5-13)24-19(26-11)23-17(25)9-3-12-2-8-15(20)16(21)10-12/h2-10H,1H3,(H,23,24,25)/b9-3+. The number of hydrogen-bond acceptors (Lipinski definition) is 3. The van der Waals surface area contributed by atoms with Crippen LogP contribution in [0, 0.1) is 12.7 Å². The molecule has 0 spiro atoms. The van der Waals surface area contributed by atoms with Crippen molar-refractivity contribution in [1.82, 2.24) is 4.98 Å². The van der Waals surface area contributed by atoms with Gasteiger partial charge in [0.1, 0.15) is 5.82 Å². The molecule has 0 saturated carbocycles. The molecular weight excluding hydrogens is 394 g/mol. The summed E-state index contributed by atoms with van der Waals surface area (Å²) in [5, 5.41) is 4.09. The van der Waals surface area contributed by atoms with E-state index in [1.807, 2.05) is 6.92 Å². The molecule has 7 heteroatoms. The summed E-state index contributed by atoms with van der Waals surface area (Å²) in [5.41, 5.74) is 2.28. The average Bonchev–Trinajstić information content (AvgIpc) is 2.97. The lowest BCUT2D eigenvalue weighted by molar-refractivity contribution is -0.111. The van der Waals surface area contributed by atoms with E-state index < -0.39 is 0 Å². The van der Waals surface area contributed by atoms with Crippen LogP contribution in [0.25, 0.3) is 17.3 Å². The van der Waals surface area contributed by atoms with Gasteiger partial charge in [-0.2, -0.15) is 0 Å². The van der Waals surface area contributed by atoms with E-state index in [4.69, 9.17) is 23.2 Å². The first-order valence-electron chi connectivity index (χ1n) is 7.60. The molecule has 26 heavy (non-hydrogen) atoms. The molecule has 0 aliphatic carbocycles. The van der Waals surface area contributed by atoms with E-state index >= 15 is 0 Å². The molecule has 0 bridgehead atoms. The van der Waals surface area contributed by atoms with Gasteiger partial charge in [0.15, 0.2) is 5.13 Å². The fourth-order valence-corrected chi connectivity index (χ4v) is 3.41. The van der Waals surface area contributed by atoms with Gasteiger partial charge in [-0.3, -0.25) is 10.1 Å². The van der Waals surface area contributed by atoms with Crippen molar-refractivity contribution in [2.24, 2.45) is 0 Å². The van der Waals surface area contributed by atoms with Gasteiger partial charge in [0.2, 0.25) is 5.91 Å². The predicted molar refractivity (Wildman–Crippen MR) is 106 cm³/mol. The fourth-order valence-electron chi connectivity index (χ4n) is 2.26. The minimum absolute atomic E-state index is 0.303. The maximum atomic E-state index is 13.1. The number of benzene rings is 2. The van der Waals surface area contributed by atoms with Crippen LogP contribution in [0.1, 0.15) is 10.4 Å². The van der Waals surface area contributed by atoms with Crippen LogP contribution in [-0.2, 0) is 4.79 Å². The third kappa shape index (κ3) is 4.49. The van der Waals surface area contributed by atoms with Gasteiger partial charge in [0.05, 0.1) is 15.7 Å². The van der Waals surface area contributed by atoms with Crippen LogP contribution in [0.4, 0.5) is 9.52 Å². The first kappa shape index (κ1) is 18.6. The first-order valence-corrected chi connectivity index (χ1v) is 9.17. The van der Waals surface area contributed by atoms with Crippen LogP contribution in [0.2, 0.25) is 10.0 Å². The summed E-state index contributed by atoms with van der Waals surface area (Å²) in [4.78, 5) is 17.5. The minimum atomic E-state index is -0.310. The van der Waals surface area contributed by atoms with Crippen molar-refractivity contribution in [2.45, 2.75) is 6.92 Å². The molecule has 3 aromatic rings. The summed E-state index contributed by atoms with van der Waals surface area (Å²) < 4.78 is 13.1. The molecule has 0 aliphatic rings. The Kier molecular flexibility index (Phi) is 5.71. The number of hydrogen-bond donors (Lipinski definition) is 1. The zero-order valence-corrected chi connectivity index (χ0v) is 15.9. The van der Waals surface area contributed by atoms with Crippen LogP contribution >= 0.6 is 34.5 Å². The quantitative estimate of drug-likeness (QED) is 0.522. The minimum Gasteiger partial charge on any atom is -0.298 e. The third-order valence-corrected chi connectivity index (χ3v) is 5.14. The van der Waals surface area contributed by atoms with Gasteiger partial charge in [-0.15, -0.1) is 11.3 Å². The summed E-state index contributed by atoms with van der Waals surface area (Å²) in [6.45, 7) is 1.90. The average molecular weight is 407 g/mol. The number of halogens is 3. The number of nitrogens with zero attached hydrogens (tertiary/aromatic N) is 1. The molecule has 1 heterocycles. The number of aromatic nitrogens is 1.